The highest BCUT2D eigenvalue weighted by atomic mass is 35.5. The average molecular weight is 414 g/mol. The summed E-state index contributed by atoms with van der Waals surface area (Å²) < 4.78 is 18.6. The van der Waals surface area contributed by atoms with Gasteiger partial charge in [-0.3, -0.25) is 0 Å². The lowest BCUT2D eigenvalue weighted by Gasteiger charge is -2.12. The Kier molecular flexibility index (Phi) is 6.08. The van der Waals surface area contributed by atoms with Gasteiger partial charge in [-0.2, -0.15) is 0 Å². The Morgan fingerprint density at radius 1 is 1.19 bits per heavy atom. The zero-order chi connectivity index (χ0) is 18.5. The molecule has 2 N–H and O–H groups in total. The second kappa shape index (κ2) is 8.48. The van der Waals surface area contributed by atoms with Crippen LogP contribution in [0.3, 0.4) is 0 Å². The van der Waals surface area contributed by atoms with Crippen molar-refractivity contribution in [3.63, 3.8) is 0 Å². The van der Waals surface area contributed by atoms with Gasteiger partial charge >= 0.3 is 0 Å². The van der Waals surface area contributed by atoms with E-state index in [1.54, 1.807) is 37.0 Å². The first-order chi connectivity index (χ1) is 12.6. The van der Waals surface area contributed by atoms with Crippen LogP contribution >= 0.6 is 34.5 Å². The van der Waals surface area contributed by atoms with Crippen molar-refractivity contribution in [1.29, 1.82) is 0 Å². The fourth-order valence-electron chi connectivity index (χ4n) is 2.15. The molecule has 0 radical (unpaired) electrons. The topological polar surface area (TPSA) is 72.0 Å². The molecule has 136 valence electrons. The summed E-state index contributed by atoms with van der Waals surface area (Å²) in [6.45, 7) is -0.261. The number of pyridine rings is 1. The van der Waals surface area contributed by atoms with Crippen molar-refractivity contribution in [2.45, 2.75) is 13.2 Å². The summed E-state index contributed by atoms with van der Waals surface area (Å²) in [5.41, 5.74) is 1.81. The minimum atomic E-state index is -0.594. The summed E-state index contributed by atoms with van der Waals surface area (Å²) in [6, 6.07) is 3.53. The van der Waals surface area contributed by atoms with Gasteiger partial charge in [0, 0.05) is 29.2 Å². The Morgan fingerprint density at radius 2 is 2.04 bits per heavy atom. The Morgan fingerprint density at radius 3 is 2.73 bits per heavy atom. The van der Waals surface area contributed by atoms with Gasteiger partial charge in [0.2, 0.25) is 5.28 Å². The maximum absolute atomic E-state index is 13.0. The largest absolute Gasteiger partial charge is 0.495 e. The van der Waals surface area contributed by atoms with E-state index in [-0.39, 0.29) is 5.28 Å². The van der Waals surface area contributed by atoms with Crippen LogP contribution in [-0.4, -0.2) is 22.1 Å². The van der Waals surface area contributed by atoms with Crippen LogP contribution in [0.1, 0.15) is 11.1 Å². The second-order valence-corrected chi connectivity index (χ2v) is 6.94. The van der Waals surface area contributed by atoms with E-state index in [2.05, 4.69) is 25.6 Å². The molecule has 3 aromatic heterocycles. The van der Waals surface area contributed by atoms with E-state index in [0.29, 0.717) is 39.5 Å². The molecule has 0 unspecified atom stereocenters. The SMILES string of the molecule is COc1ccc(Nc2nc(Cl)ncc2CNc2c(CF)csc2Cl)nc1. The predicted molar refractivity (Wildman–Crippen MR) is 103 cm³/mol. The summed E-state index contributed by atoms with van der Waals surface area (Å²) in [7, 11) is 1.57. The maximum atomic E-state index is 13.0. The molecule has 0 fully saturated rings. The first-order valence-electron chi connectivity index (χ1n) is 7.45. The van der Waals surface area contributed by atoms with Crippen LogP contribution in [0.15, 0.2) is 29.9 Å². The third-order valence-electron chi connectivity index (χ3n) is 3.48. The van der Waals surface area contributed by atoms with Crippen LogP contribution in [0.4, 0.5) is 21.7 Å². The first-order valence-corrected chi connectivity index (χ1v) is 9.08. The van der Waals surface area contributed by atoms with Gasteiger partial charge in [0.25, 0.3) is 0 Å². The van der Waals surface area contributed by atoms with E-state index < -0.39 is 6.67 Å². The Hall–Kier alpha value is -2.16. The summed E-state index contributed by atoms with van der Waals surface area (Å²) in [4.78, 5) is 12.4. The van der Waals surface area contributed by atoms with Crippen LogP contribution < -0.4 is 15.4 Å². The molecule has 0 aliphatic rings. The highest BCUT2D eigenvalue weighted by molar-refractivity contribution is 7.15. The van der Waals surface area contributed by atoms with Gasteiger partial charge in [-0.05, 0) is 23.7 Å². The Bertz CT molecular complexity index is 891. The van der Waals surface area contributed by atoms with Crippen LogP contribution in [0.5, 0.6) is 5.75 Å². The van der Waals surface area contributed by atoms with Gasteiger partial charge in [-0.25, -0.2) is 19.3 Å². The number of hydrogen-bond acceptors (Lipinski definition) is 7. The lowest BCUT2D eigenvalue weighted by molar-refractivity contribution is 0.413. The molecule has 6 nitrogen and oxygen atoms in total. The molecule has 0 bridgehead atoms. The number of methoxy groups -OCH3 is 1. The molecule has 0 aliphatic heterocycles. The van der Waals surface area contributed by atoms with E-state index in [4.69, 9.17) is 27.9 Å². The molecule has 3 rings (SSSR count). The molecule has 0 saturated carbocycles. The van der Waals surface area contributed by atoms with Crippen molar-refractivity contribution >= 4 is 51.9 Å². The van der Waals surface area contributed by atoms with Crippen LogP contribution in [0.25, 0.3) is 0 Å². The Labute approximate surface area is 163 Å². The fraction of sp³-hybridized carbons (Fsp3) is 0.188. The van der Waals surface area contributed by atoms with Gasteiger partial charge in [0.05, 0.1) is 19.0 Å². The minimum absolute atomic E-state index is 0.0998. The summed E-state index contributed by atoms with van der Waals surface area (Å²) in [6.07, 6.45) is 3.17. The predicted octanol–water partition coefficient (Wildman–Crippen LogP) is 5.07. The highest BCUT2D eigenvalue weighted by Gasteiger charge is 2.12. The van der Waals surface area contributed by atoms with Gasteiger partial charge in [-0.15, -0.1) is 11.3 Å². The molecular weight excluding hydrogens is 400 g/mol. The Balaban J connectivity index is 1.80. The number of alkyl halides is 1. The number of nitrogens with one attached hydrogen (secondary N) is 2. The molecule has 10 heteroatoms. The quantitative estimate of drug-likeness (QED) is 0.526. The molecule has 0 saturated heterocycles. The summed E-state index contributed by atoms with van der Waals surface area (Å²) >= 11 is 13.3. The highest BCUT2D eigenvalue weighted by Crippen LogP contribution is 2.34. The number of halogens is 3. The molecule has 0 aliphatic carbocycles. The van der Waals surface area contributed by atoms with Crippen LogP contribution in [-0.2, 0) is 13.2 Å². The van der Waals surface area contributed by atoms with E-state index in [0.717, 1.165) is 5.56 Å². The van der Waals surface area contributed by atoms with E-state index in [1.807, 2.05) is 0 Å². The summed E-state index contributed by atoms with van der Waals surface area (Å²) in [5.74, 6) is 1.70. The van der Waals surface area contributed by atoms with E-state index in [1.165, 1.54) is 11.3 Å². The molecule has 3 aromatic rings. The third kappa shape index (κ3) is 4.32. The standard InChI is InChI=1S/C16H14Cl2FN5OS/c1-25-11-2-3-12(20-7-11)23-15-10(6-22-16(18)24-15)5-21-13-9(4-19)8-26-14(13)17/h2-3,6-8,21H,4-5H2,1H3,(H,20,22,23,24). The zero-order valence-corrected chi connectivity index (χ0v) is 15.9. The lowest BCUT2D eigenvalue weighted by atomic mass is 10.2. The molecular formula is C16H14Cl2FN5OS. The van der Waals surface area contributed by atoms with Crippen molar-refractivity contribution < 1.29 is 9.13 Å². The number of rotatable bonds is 7. The van der Waals surface area contributed by atoms with Gasteiger partial charge < -0.3 is 15.4 Å². The summed E-state index contributed by atoms with van der Waals surface area (Å²) in [5, 5.41) is 8.00. The van der Waals surface area contributed by atoms with Crippen molar-refractivity contribution in [2.75, 3.05) is 17.7 Å². The second-order valence-electron chi connectivity index (χ2n) is 5.12. The number of aromatic nitrogens is 3. The number of nitrogens with zero attached hydrogens (tertiary/aromatic N) is 3. The van der Waals surface area contributed by atoms with Gasteiger partial charge in [0.1, 0.15) is 28.4 Å². The number of hydrogen-bond donors (Lipinski definition) is 2. The third-order valence-corrected chi connectivity index (χ3v) is 4.93. The minimum Gasteiger partial charge on any atom is -0.495 e. The number of anilines is 3. The van der Waals surface area contributed by atoms with Crippen molar-refractivity contribution in [3.8, 4) is 5.75 Å². The molecule has 0 atom stereocenters. The average Bonchev–Trinajstić information content (AvgIpc) is 3.01. The normalized spacial score (nSPS) is 10.6. The van der Waals surface area contributed by atoms with Crippen molar-refractivity contribution in [1.82, 2.24) is 15.0 Å². The monoisotopic (exact) mass is 413 g/mol. The molecule has 3 heterocycles. The van der Waals surface area contributed by atoms with Gasteiger partial charge in [0.15, 0.2) is 0 Å². The zero-order valence-electron chi connectivity index (χ0n) is 13.6. The number of ether oxygens (including phenoxy) is 1. The molecule has 26 heavy (non-hydrogen) atoms. The lowest BCUT2D eigenvalue weighted by Crippen LogP contribution is -2.07. The van der Waals surface area contributed by atoms with Crippen LogP contribution in [0, 0.1) is 0 Å². The molecule has 0 amide bonds. The fourth-order valence-corrected chi connectivity index (χ4v) is 3.35. The van der Waals surface area contributed by atoms with Gasteiger partial charge in [-0.1, -0.05) is 11.6 Å². The first kappa shape index (κ1) is 18.6. The molecule has 0 aromatic carbocycles. The number of thiophene rings is 1. The molecule has 0 spiro atoms. The van der Waals surface area contributed by atoms with E-state index in [9.17, 15) is 4.39 Å². The maximum Gasteiger partial charge on any atom is 0.224 e. The van der Waals surface area contributed by atoms with E-state index >= 15 is 0 Å². The van der Waals surface area contributed by atoms with Crippen molar-refractivity contribution in [3.05, 3.63) is 50.7 Å². The smallest absolute Gasteiger partial charge is 0.224 e. The van der Waals surface area contributed by atoms with Crippen LogP contribution in [0.2, 0.25) is 9.62 Å². The van der Waals surface area contributed by atoms with Crippen molar-refractivity contribution in [2.24, 2.45) is 0 Å².